The van der Waals surface area contributed by atoms with Crippen molar-refractivity contribution in [3.05, 3.63) is 24.4 Å². The Hall–Kier alpha value is -1.97. The normalized spacial score (nSPS) is 11.8. The van der Waals surface area contributed by atoms with Gasteiger partial charge in [-0.25, -0.2) is 8.42 Å². The highest BCUT2D eigenvalue weighted by Crippen LogP contribution is 2.26. The average molecular weight is 277 g/mol. The number of benzene rings is 1. The minimum absolute atomic E-state index is 0.0560. The highest BCUT2D eigenvalue weighted by molar-refractivity contribution is 7.89. The molecule has 1 aromatic heterocycles. The number of nitrogens with zero attached hydrogens (tertiary/aromatic N) is 1. The summed E-state index contributed by atoms with van der Waals surface area (Å²) >= 11 is 0. The van der Waals surface area contributed by atoms with E-state index in [1.54, 1.807) is 25.1 Å². The molecule has 2 aromatic rings. The number of terminal acetylenes is 1. The molecule has 0 amide bonds. The van der Waals surface area contributed by atoms with E-state index in [1.165, 1.54) is 10.5 Å². The summed E-state index contributed by atoms with van der Waals surface area (Å²) in [6.07, 6.45) is 6.68. The lowest BCUT2D eigenvalue weighted by molar-refractivity contribution is 0.465. The second-order valence-corrected chi connectivity index (χ2v) is 6.00. The fourth-order valence-electron chi connectivity index (χ4n) is 1.94. The van der Waals surface area contributed by atoms with Crippen molar-refractivity contribution in [3.8, 4) is 12.3 Å². The Kier molecular flexibility index (Phi) is 3.51. The first kappa shape index (κ1) is 13.5. The molecule has 6 heteroatoms. The molecule has 1 heterocycles. The number of aromatic nitrogens is 1. The van der Waals surface area contributed by atoms with Gasteiger partial charge in [-0.2, -0.15) is 4.31 Å². The summed E-state index contributed by atoms with van der Waals surface area (Å²) in [4.78, 5) is 3.14. The standard InChI is InChI=1S/C13H15N3O2S/c1-3-7-16(4-2)19(17,18)13-9-15-12-8-10(14)5-6-11(12)13/h1,5-6,8-9,15H,4,7,14H2,2H3. The fraction of sp³-hybridized carbons (Fsp3) is 0.231. The summed E-state index contributed by atoms with van der Waals surface area (Å²) in [7, 11) is -3.59. The second-order valence-electron chi connectivity index (χ2n) is 4.09. The third-order valence-electron chi connectivity index (χ3n) is 2.91. The third-order valence-corrected chi connectivity index (χ3v) is 4.87. The molecule has 0 aliphatic carbocycles. The minimum Gasteiger partial charge on any atom is -0.399 e. The van der Waals surface area contributed by atoms with Gasteiger partial charge in [0.1, 0.15) is 4.90 Å². The first-order valence-electron chi connectivity index (χ1n) is 5.81. The maximum atomic E-state index is 12.5. The molecule has 1 aromatic carbocycles. The van der Waals surface area contributed by atoms with E-state index < -0.39 is 10.0 Å². The molecule has 0 aliphatic rings. The maximum absolute atomic E-state index is 12.5. The van der Waals surface area contributed by atoms with Gasteiger partial charge in [-0.1, -0.05) is 12.8 Å². The molecule has 100 valence electrons. The smallest absolute Gasteiger partial charge is 0.246 e. The number of nitrogens with one attached hydrogen (secondary N) is 1. The Morgan fingerprint density at radius 1 is 1.47 bits per heavy atom. The molecule has 0 radical (unpaired) electrons. The SMILES string of the molecule is C#CCN(CC)S(=O)(=O)c1c[nH]c2cc(N)ccc12. The van der Waals surface area contributed by atoms with Crippen molar-refractivity contribution in [1.82, 2.24) is 9.29 Å². The molecule has 0 saturated heterocycles. The fourth-order valence-corrected chi connectivity index (χ4v) is 3.46. The number of hydrogen-bond acceptors (Lipinski definition) is 3. The van der Waals surface area contributed by atoms with Crippen molar-refractivity contribution in [2.24, 2.45) is 0 Å². The molecular weight excluding hydrogens is 262 g/mol. The highest BCUT2D eigenvalue weighted by atomic mass is 32.2. The van der Waals surface area contributed by atoms with E-state index in [0.29, 0.717) is 23.1 Å². The van der Waals surface area contributed by atoms with Gasteiger partial charge in [-0.05, 0) is 18.2 Å². The average Bonchev–Trinajstić information content (AvgIpc) is 2.79. The minimum atomic E-state index is -3.59. The van der Waals surface area contributed by atoms with Crippen LogP contribution in [-0.4, -0.2) is 30.8 Å². The molecule has 0 saturated carbocycles. The lowest BCUT2D eigenvalue weighted by Gasteiger charge is -2.17. The van der Waals surface area contributed by atoms with Crippen molar-refractivity contribution >= 4 is 26.6 Å². The first-order chi connectivity index (χ1) is 9.00. The second kappa shape index (κ2) is 4.96. The van der Waals surface area contributed by atoms with Crippen LogP contribution in [0.5, 0.6) is 0 Å². The van der Waals surface area contributed by atoms with Crippen molar-refractivity contribution in [2.75, 3.05) is 18.8 Å². The molecular formula is C13H15N3O2S. The van der Waals surface area contributed by atoms with E-state index in [2.05, 4.69) is 10.9 Å². The van der Waals surface area contributed by atoms with Crippen molar-refractivity contribution < 1.29 is 8.42 Å². The number of nitrogens with two attached hydrogens (primary N) is 1. The van der Waals surface area contributed by atoms with Gasteiger partial charge in [0.2, 0.25) is 10.0 Å². The number of sulfonamides is 1. The van der Waals surface area contributed by atoms with E-state index >= 15 is 0 Å². The zero-order chi connectivity index (χ0) is 14.0. The Morgan fingerprint density at radius 2 is 2.21 bits per heavy atom. The summed E-state index contributed by atoms with van der Waals surface area (Å²) < 4.78 is 26.2. The van der Waals surface area contributed by atoms with Crippen LogP contribution in [0.1, 0.15) is 6.92 Å². The van der Waals surface area contributed by atoms with Crippen molar-refractivity contribution in [1.29, 1.82) is 0 Å². The van der Waals surface area contributed by atoms with Gasteiger partial charge in [0.05, 0.1) is 6.54 Å². The molecule has 2 rings (SSSR count). The quantitative estimate of drug-likeness (QED) is 0.655. The molecule has 19 heavy (non-hydrogen) atoms. The lowest BCUT2D eigenvalue weighted by atomic mass is 10.2. The van der Waals surface area contributed by atoms with Gasteiger partial charge in [0, 0.05) is 29.3 Å². The lowest BCUT2D eigenvalue weighted by Crippen LogP contribution is -2.31. The largest absolute Gasteiger partial charge is 0.399 e. The van der Waals surface area contributed by atoms with Gasteiger partial charge >= 0.3 is 0 Å². The Bertz CT molecular complexity index is 741. The van der Waals surface area contributed by atoms with Gasteiger partial charge in [-0.15, -0.1) is 6.42 Å². The molecule has 3 N–H and O–H groups in total. The van der Waals surface area contributed by atoms with E-state index in [1.807, 2.05) is 0 Å². The number of H-pyrrole nitrogens is 1. The van der Waals surface area contributed by atoms with Gasteiger partial charge in [0.25, 0.3) is 0 Å². The summed E-state index contributed by atoms with van der Waals surface area (Å²) in [5.74, 6) is 2.36. The van der Waals surface area contributed by atoms with E-state index in [4.69, 9.17) is 12.2 Å². The van der Waals surface area contributed by atoms with Crippen LogP contribution < -0.4 is 5.73 Å². The molecule has 0 spiro atoms. The number of aromatic amines is 1. The van der Waals surface area contributed by atoms with Crippen LogP contribution in [0, 0.1) is 12.3 Å². The Morgan fingerprint density at radius 3 is 2.84 bits per heavy atom. The maximum Gasteiger partial charge on any atom is 0.246 e. The zero-order valence-corrected chi connectivity index (χ0v) is 11.4. The van der Waals surface area contributed by atoms with Gasteiger partial charge < -0.3 is 10.7 Å². The van der Waals surface area contributed by atoms with Crippen LogP contribution in [0.2, 0.25) is 0 Å². The monoisotopic (exact) mass is 277 g/mol. The van der Waals surface area contributed by atoms with E-state index in [9.17, 15) is 8.42 Å². The summed E-state index contributed by atoms with van der Waals surface area (Å²) in [5, 5.41) is 0.615. The topological polar surface area (TPSA) is 79.2 Å². The van der Waals surface area contributed by atoms with Crippen LogP contribution >= 0.6 is 0 Å². The number of anilines is 1. The highest BCUT2D eigenvalue weighted by Gasteiger charge is 2.25. The number of rotatable bonds is 4. The summed E-state index contributed by atoms with van der Waals surface area (Å²) in [6.45, 7) is 2.14. The van der Waals surface area contributed by atoms with Crippen LogP contribution in [0.4, 0.5) is 5.69 Å². The molecule has 0 aliphatic heterocycles. The molecule has 0 fully saturated rings. The molecule has 0 bridgehead atoms. The number of hydrogen-bond donors (Lipinski definition) is 2. The number of nitrogen functional groups attached to an aromatic ring is 1. The molecule has 0 atom stereocenters. The zero-order valence-electron chi connectivity index (χ0n) is 10.6. The number of fused-ring (bicyclic) bond motifs is 1. The van der Waals surface area contributed by atoms with Crippen LogP contribution in [0.3, 0.4) is 0 Å². The van der Waals surface area contributed by atoms with Crippen LogP contribution in [0.15, 0.2) is 29.3 Å². The van der Waals surface area contributed by atoms with Crippen LogP contribution in [0.25, 0.3) is 10.9 Å². The Labute approximate surface area is 112 Å². The molecule has 0 unspecified atom stereocenters. The molecule has 5 nitrogen and oxygen atoms in total. The summed E-state index contributed by atoms with van der Waals surface area (Å²) in [5.41, 5.74) is 6.94. The first-order valence-corrected chi connectivity index (χ1v) is 7.25. The summed E-state index contributed by atoms with van der Waals surface area (Å²) in [6, 6.07) is 5.07. The van der Waals surface area contributed by atoms with E-state index in [0.717, 1.165) is 0 Å². The van der Waals surface area contributed by atoms with E-state index in [-0.39, 0.29) is 11.4 Å². The van der Waals surface area contributed by atoms with Gasteiger partial charge in [-0.3, -0.25) is 0 Å². The van der Waals surface area contributed by atoms with Crippen molar-refractivity contribution in [2.45, 2.75) is 11.8 Å². The van der Waals surface area contributed by atoms with Crippen molar-refractivity contribution in [3.63, 3.8) is 0 Å². The van der Waals surface area contributed by atoms with Gasteiger partial charge in [0.15, 0.2) is 0 Å². The predicted molar refractivity (Wildman–Crippen MR) is 76.0 cm³/mol. The predicted octanol–water partition coefficient (Wildman–Crippen LogP) is 1.39. The Balaban J connectivity index is 2.58. The third kappa shape index (κ3) is 2.30. The van der Waals surface area contributed by atoms with Crippen LogP contribution in [-0.2, 0) is 10.0 Å².